The second kappa shape index (κ2) is 9.38. The van der Waals surface area contributed by atoms with Crippen LogP contribution in [0.2, 0.25) is 5.28 Å². The van der Waals surface area contributed by atoms with E-state index in [9.17, 15) is 24.6 Å². The molecule has 0 aliphatic heterocycles. The summed E-state index contributed by atoms with van der Waals surface area (Å²) in [6, 6.07) is 3.04. The molecule has 0 fully saturated rings. The van der Waals surface area contributed by atoms with Gasteiger partial charge < -0.3 is 25.1 Å². The number of benzene rings is 1. The zero-order valence-electron chi connectivity index (χ0n) is 12.0. The Bertz CT molecular complexity index is 766. The molecule has 0 radical (unpaired) electrons. The summed E-state index contributed by atoms with van der Waals surface area (Å²) < 4.78 is 0. The number of carboxylic acid groups (broad SMARTS) is 2. The third-order valence-electron chi connectivity index (χ3n) is 2.28. The van der Waals surface area contributed by atoms with Gasteiger partial charge in [-0.25, -0.2) is 4.79 Å². The quantitative estimate of drug-likeness (QED) is 0.514. The first-order chi connectivity index (χ1) is 9.85. The third-order valence-corrected chi connectivity index (χ3v) is 2.46. The molecule has 0 aliphatic carbocycles. The maximum Gasteiger partial charge on any atom is 1.00 e. The van der Waals surface area contributed by atoms with Gasteiger partial charge in [-0.05, 0) is 40.9 Å². The first kappa shape index (κ1) is 22.1. The maximum atomic E-state index is 11.1. The number of hydrogen-bond acceptors (Lipinski definition) is 8. The fraction of sp³-hybridized carbons (Fsp3) is 0. The molecule has 0 saturated heterocycles. The predicted octanol–water partition coefficient (Wildman–Crippen LogP) is -7.70. The summed E-state index contributed by atoms with van der Waals surface area (Å²) in [6.07, 6.45) is 0. The zero-order chi connectivity index (χ0) is 15.6. The van der Waals surface area contributed by atoms with Gasteiger partial charge in [-0.15, -0.1) is 0 Å². The van der Waals surface area contributed by atoms with Crippen LogP contribution in [-0.2, 0) is 0 Å². The van der Waals surface area contributed by atoms with Gasteiger partial charge in [-0.2, -0.15) is 9.97 Å². The topological polar surface area (TPSA) is 151 Å². The van der Waals surface area contributed by atoms with Crippen molar-refractivity contribution in [2.24, 2.45) is 0 Å². The van der Waals surface area contributed by atoms with Crippen LogP contribution in [0.15, 0.2) is 23.0 Å². The molecule has 0 spiro atoms. The summed E-state index contributed by atoms with van der Waals surface area (Å²) in [5.41, 5.74) is -1.56. The monoisotopic (exact) mass is 354 g/mol. The minimum absolute atomic E-state index is 0. The Morgan fingerprint density at radius 2 is 1.57 bits per heavy atom. The Kier molecular flexibility index (Phi) is 9.00. The van der Waals surface area contributed by atoms with Crippen molar-refractivity contribution in [3.63, 3.8) is 0 Å². The molecule has 1 aromatic heterocycles. The van der Waals surface area contributed by atoms with Gasteiger partial charge in [0.15, 0.2) is 0 Å². The zero-order valence-corrected chi connectivity index (χ0v) is 16.8. The van der Waals surface area contributed by atoms with Crippen molar-refractivity contribution in [1.82, 2.24) is 15.0 Å². The molecule has 12 heteroatoms. The molecule has 0 amide bonds. The number of carbonyl (C=O) groups excluding carboxylic acids is 2. The van der Waals surface area contributed by atoms with Crippen LogP contribution in [0.1, 0.15) is 20.7 Å². The summed E-state index contributed by atoms with van der Waals surface area (Å²) in [4.78, 5) is 41.9. The van der Waals surface area contributed by atoms with Crippen LogP contribution >= 0.6 is 11.6 Å². The largest absolute Gasteiger partial charge is 1.00 e. The molecule has 2 N–H and O–H groups in total. The first-order valence-corrected chi connectivity index (χ1v) is 5.71. The van der Waals surface area contributed by atoms with Crippen LogP contribution in [0.3, 0.4) is 0 Å². The summed E-state index contributed by atoms with van der Waals surface area (Å²) in [6.45, 7) is 0. The summed E-state index contributed by atoms with van der Waals surface area (Å²) in [5.74, 6) is -3.39. The smallest absolute Gasteiger partial charge is 0.545 e. The van der Waals surface area contributed by atoms with Gasteiger partial charge in [-0.3, -0.25) is 4.98 Å². The van der Waals surface area contributed by atoms with Crippen molar-refractivity contribution in [2.45, 2.75) is 0 Å². The number of carboxylic acids is 2. The number of carbonyl (C=O) groups is 2. The first-order valence-electron chi connectivity index (χ1n) is 5.34. The fourth-order valence-electron chi connectivity index (χ4n) is 1.48. The van der Waals surface area contributed by atoms with E-state index >= 15 is 0 Å². The number of H-pyrrole nitrogens is 1. The molecule has 108 valence electrons. The number of rotatable bonds is 4. The summed E-state index contributed by atoms with van der Waals surface area (Å²) in [5, 5.41) is 23.9. The number of aromatic amines is 1. The standard InChI is InChI=1S/C11H7ClN4O5.2Na/c12-9-14-10(16-11(21)15-9)13-6-2-4(7(17)18)1-5(3-6)8(19)20;;/h1-3H,(H,17,18)(H,19,20)(H2,13,14,15,16,21);;/q;2*+1/p-2. The number of aromatic carboxylic acids is 2. The fourth-order valence-corrected chi connectivity index (χ4v) is 1.64. The van der Waals surface area contributed by atoms with Gasteiger partial charge in [0.1, 0.15) is 0 Å². The van der Waals surface area contributed by atoms with Gasteiger partial charge >= 0.3 is 64.8 Å². The average molecular weight is 355 g/mol. The van der Waals surface area contributed by atoms with E-state index in [1.165, 1.54) is 0 Å². The summed E-state index contributed by atoms with van der Waals surface area (Å²) >= 11 is 5.52. The molecule has 9 nitrogen and oxygen atoms in total. The Hall–Kier alpha value is -0.940. The average Bonchev–Trinajstić information content (AvgIpc) is 2.36. The van der Waals surface area contributed by atoms with Crippen molar-refractivity contribution < 1.29 is 78.9 Å². The van der Waals surface area contributed by atoms with Gasteiger partial charge in [0.05, 0.1) is 11.9 Å². The van der Waals surface area contributed by atoms with Gasteiger partial charge in [-0.1, -0.05) is 0 Å². The van der Waals surface area contributed by atoms with Crippen LogP contribution in [0, 0.1) is 0 Å². The molecule has 1 aromatic carbocycles. The molecule has 0 bridgehead atoms. The Labute approximate surface area is 178 Å². The molecular formula is C11H5ClN4Na2O5. The number of halogens is 1. The van der Waals surface area contributed by atoms with Crippen molar-refractivity contribution in [2.75, 3.05) is 5.32 Å². The Balaban J connectivity index is 0.00000242. The molecule has 23 heavy (non-hydrogen) atoms. The van der Waals surface area contributed by atoms with Crippen molar-refractivity contribution >= 4 is 35.2 Å². The molecule has 0 atom stereocenters. The van der Waals surface area contributed by atoms with Crippen molar-refractivity contribution in [1.29, 1.82) is 0 Å². The van der Waals surface area contributed by atoms with E-state index in [1.807, 2.05) is 0 Å². The molecule has 2 rings (SSSR count). The van der Waals surface area contributed by atoms with Gasteiger partial charge in [0, 0.05) is 5.69 Å². The number of anilines is 2. The van der Waals surface area contributed by atoms with Gasteiger partial charge in [0.2, 0.25) is 11.2 Å². The van der Waals surface area contributed by atoms with Crippen LogP contribution in [0.5, 0.6) is 0 Å². The molecule has 0 unspecified atom stereocenters. The van der Waals surface area contributed by atoms with E-state index in [4.69, 9.17) is 11.6 Å². The number of aromatic nitrogens is 3. The second-order valence-electron chi connectivity index (χ2n) is 3.77. The van der Waals surface area contributed by atoms with Crippen LogP contribution in [0.4, 0.5) is 11.6 Å². The third kappa shape index (κ3) is 6.22. The van der Waals surface area contributed by atoms with E-state index in [2.05, 4.69) is 20.3 Å². The Morgan fingerprint density at radius 3 is 2.00 bits per heavy atom. The minimum atomic E-state index is -1.58. The SMILES string of the molecule is O=C([O-])c1cc(Nc2nc(Cl)[nH]c(=O)n2)cc(C(=O)[O-])c1.[Na+].[Na+]. The van der Waals surface area contributed by atoms with Crippen molar-refractivity contribution in [3.8, 4) is 0 Å². The molecule has 0 saturated carbocycles. The minimum Gasteiger partial charge on any atom is -0.545 e. The van der Waals surface area contributed by atoms with E-state index < -0.39 is 28.8 Å². The summed E-state index contributed by atoms with van der Waals surface area (Å²) in [7, 11) is 0. The van der Waals surface area contributed by atoms with Crippen LogP contribution < -0.4 is 80.3 Å². The second-order valence-corrected chi connectivity index (χ2v) is 4.13. The van der Waals surface area contributed by atoms with Crippen LogP contribution in [0.25, 0.3) is 0 Å². The molecule has 1 heterocycles. The van der Waals surface area contributed by atoms with E-state index in [0.717, 1.165) is 18.2 Å². The van der Waals surface area contributed by atoms with Crippen molar-refractivity contribution in [3.05, 3.63) is 45.1 Å². The Morgan fingerprint density at radius 1 is 1.04 bits per heavy atom. The molecule has 2 aromatic rings. The number of nitrogens with one attached hydrogen (secondary N) is 2. The molecule has 0 aliphatic rings. The van der Waals surface area contributed by atoms with E-state index in [-0.39, 0.29) is 76.0 Å². The maximum absolute atomic E-state index is 11.1. The van der Waals surface area contributed by atoms with E-state index in [1.54, 1.807) is 0 Å². The predicted molar refractivity (Wildman–Crippen MR) is 66.0 cm³/mol. The molecular weight excluding hydrogens is 350 g/mol. The van der Waals surface area contributed by atoms with Crippen LogP contribution in [-0.4, -0.2) is 26.9 Å². The number of hydrogen-bond donors (Lipinski definition) is 2. The van der Waals surface area contributed by atoms with Gasteiger partial charge in [0.25, 0.3) is 0 Å². The van der Waals surface area contributed by atoms with E-state index in [0.29, 0.717) is 0 Å². The normalized spacial score (nSPS) is 9.26. The number of nitrogens with zero attached hydrogens (tertiary/aromatic N) is 2.